The zero-order chi connectivity index (χ0) is 25.2. The van der Waals surface area contributed by atoms with Crippen LogP contribution in [0.2, 0.25) is 0 Å². The predicted molar refractivity (Wildman–Crippen MR) is 121 cm³/mol. The van der Waals surface area contributed by atoms with Crippen molar-refractivity contribution in [1.82, 2.24) is 24.6 Å². The lowest BCUT2D eigenvalue weighted by Crippen LogP contribution is -2.40. The summed E-state index contributed by atoms with van der Waals surface area (Å²) in [5.74, 6) is -0.333. The van der Waals surface area contributed by atoms with Gasteiger partial charge in [-0.3, -0.25) is 19.5 Å². The number of likely N-dealkylation sites (tertiary alicyclic amines) is 1. The van der Waals surface area contributed by atoms with Gasteiger partial charge in [0.2, 0.25) is 11.9 Å². The van der Waals surface area contributed by atoms with Crippen molar-refractivity contribution in [2.75, 3.05) is 12.3 Å². The van der Waals surface area contributed by atoms with E-state index in [4.69, 9.17) is 5.73 Å². The van der Waals surface area contributed by atoms with Gasteiger partial charge in [-0.25, -0.2) is 14.6 Å². The molecule has 3 heterocycles. The highest BCUT2D eigenvalue weighted by molar-refractivity contribution is 5.77. The molecule has 9 nitrogen and oxygen atoms in total. The van der Waals surface area contributed by atoms with Gasteiger partial charge in [-0.2, -0.15) is 13.2 Å². The summed E-state index contributed by atoms with van der Waals surface area (Å²) in [5.41, 5.74) is 5.10. The summed E-state index contributed by atoms with van der Waals surface area (Å²) in [6, 6.07) is 6.53. The molecule has 12 heteroatoms. The van der Waals surface area contributed by atoms with Crippen LogP contribution in [0.4, 0.5) is 19.1 Å². The number of alkyl halides is 3. The number of H-pyrrole nitrogens is 1. The van der Waals surface area contributed by atoms with E-state index in [2.05, 4.69) is 15.1 Å². The van der Waals surface area contributed by atoms with Gasteiger partial charge in [-0.15, -0.1) is 0 Å². The Hall–Kier alpha value is -3.96. The maximum atomic E-state index is 13.3. The van der Waals surface area contributed by atoms with Crippen molar-refractivity contribution in [1.29, 1.82) is 0 Å². The van der Waals surface area contributed by atoms with Crippen molar-refractivity contribution in [2.24, 2.45) is 0 Å². The number of aromatic amines is 1. The number of carbonyl (C=O) groups excluding carboxylic acids is 1. The van der Waals surface area contributed by atoms with Crippen LogP contribution in [0.5, 0.6) is 0 Å². The molecule has 3 aromatic rings. The van der Waals surface area contributed by atoms with Gasteiger partial charge in [0.1, 0.15) is 0 Å². The van der Waals surface area contributed by atoms with E-state index < -0.39 is 28.9 Å². The second kappa shape index (κ2) is 9.72. The van der Waals surface area contributed by atoms with Gasteiger partial charge in [-0.05, 0) is 37.0 Å². The standard InChI is InChI=1S/C23H23F3N6O3/c24-23(25,26)15-5-3-4-14(12-15)16-13-28-22(27)29-21(16)17-6-1-2-10-31(17)19(34)9-11-32-20(35)8-7-18(33)30-32/h3-5,7-8,12-13,17H,1-2,6,9-11H2,(H,30,33)(H2,27,28,29)/t17-/m0/s1. The van der Waals surface area contributed by atoms with E-state index in [0.717, 1.165) is 41.8 Å². The largest absolute Gasteiger partial charge is 0.416 e. The molecular weight excluding hydrogens is 465 g/mol. The highest BCUT2D eigenvalue weighted by atomic mass is 19.4. The van der Waals surface area contributed by atoms with E-state index in [1.807, 2.05) is 0 Å². The Balaban J connectivity index is 1.66. The molecule has 0 radical (unpaired) electrons. The minimum absolute atomic E-state index is 0.0244. The number of rotatable bonds is 5. The van der Waals surface area contributed by atoms with E-state index in [9.17, 15) is 27.6 Å². The predicted octanol–water partition coefficient (Wildman–Crippen LogP) is 2.74. The number of carbonyl (C=O) groups is 1. The summed E-state index contributed by atoms with van der Waals surface area (Å²) < 4.78 is 41.0. The molecule has 0 spiro atoms. The van der Waals surface area contributed by atoms with Crippen LogP contribution in [0.25, 0.3) is 11.1 Å². The first kappa shape index (κ1) is 24.2. The van der Waals surface area contributed by atoms with Gasteiger partial charge in [0, 0.05) is 36.9 Å². The van der Waals surface area contributed by atoms with Crippen LogP contribution in [0.3, 0.4) is 0 Å². The third-order valence-corrected chi connectivity index (χ3v) is 5.91. The molecule has 0 saturated carbocycles. The molecule has 1 atom stereocenters. The lowest BCUT2D eigenvalue weighted by atomic mass is 9.93. The third kappa shape index (κ3) is 5.42. The van der Waals surface area contributed by atoms with Crippen molar-refractivity contribution in [2.45, 2.75) is 44.4 Å². The molecule has 2 aromatic heterocycles. The van der Waals surface area contributed by atoms with Gasteiger partial charge in [0.05, 0.1) is 23.8 Å². The lowest BCUT2D eigenvalue weighted by molar-refractivity contribution is -0.137. The number of piperidine rings is 1. The molecule has 4 rings (SSSR count). The van der Waals surface area contributed by atoms with Crippen LogP contribution in [0.1, 0.15) is 43.0 Å². The minimum atomic E-state index is -4.52. The number of amides is 1. The minimum Gasteiger partial charge on any atom is -0.368 e. The first-order valence-electron chi connectivity index (χ1n) is 11.0. The SMILES string of the molecule is Nc1ncc(-c2cccc(C(F)(F)F)c2)c([C@@H]2CCCCN2C(=O)CCn2[nH]c(=O)ccc2=O)n1. The smallest absolute Gasteiger partial charge is 0.368 e. The third-order valence-electron chi connectivity index (χ3n) is 5.91. The second-order valence-electron chi connectivity index (χ2n) is 8.25. The highest BCUT2D eigenvalue weighted by Crippen LogP contribution is 2.38. The summed E-state index contributed by atoms with van der Waals surface area (Å²) in [5, 5.41) is 2.38. The Bertz CT molecular complexity index is 1350. The Kier molecular flexibility index (Phi) is 6.72. The average molecular weight is 488 g/mol. The lowest BCUT2D eigenvalue weighted by Gasteiger charge is -2.36. The van der Waals surface area contributed by atoms with E-state index in [1.165, 1.54) is 18.3 Å². The zero-order valence-electron chi connectivity index (χ0n) is 18.6. The Morgan fingerprint density at radius 1 is 1.17 bits per heavy atom. The summed E-state index contributed by atoms with van der Waals surface area (Å²) in [6.07, 6.45) is -1.14. The van der Waals surface area contributed by atoms with E-state index >= 15 is 0 Å². The molecule has 1 amide bonds. The van der Waals surface area contributed by atoms with Crippen LogP contribution in [0, 0.1) is 0 Å². The topological polar surface area (TPSA) is 127 Å². The first-order valence-corrected chi connectivity index (χ1v) is 11.0. The van der Waals surface area contributed by atoms with Crippen molar-refractivity contribution in [3.8, 4) is 11.1 Å². The second-order valence-corrected chi connectivity index (χ2v) is 8.25. The maximum absolute atomic E-state index is 13.3. The van der Waals surface area contributed by atoms with Crippen LogP contribution in [-0.2, 0) is 17.5 Å². The number of nitrogens with one attached hydrogen (secondary N) is 1. The van der Waals surface area contributed by atoms with Crippen molar-refractivity contribution in [3.05, 3.63) is 74.6 Å². The number of nitrogen functional groups attached to an aromatic ring is 1. The van der Waals surface area contributed by atoms with E-state index in [1.54, 1.807) is 4.90 Å². The van der Waals surface area contributed by atoms with Crippen molar-refractivity contribution in [3.63, 3.8) is 0 Å². The van der Waals surface area contributed by atoms with Gasteiger partial charge in [0.25, 0.3) is 11.1 Å². The van der Waals surface area contributed by atoms with Gasteiger partial charge < -0.3 is 10.6 Å². The fourth-order valence-electron chi connectivity index (χ4n) is 4.24. The monoisotopic (exact) mass is 488 g/mol. The Labute approximate surface area is 197 Å². The number of nitrogens with two attached hydrogens (primary N) is 1. The molecule has 184 valence electrons. The highest BCUT2D eigenvalue weighted by Gasteiger charge is 2.33. The quantitative estimate of drug-likeness (QED) is 0.569. The van der Waals surface area contributed by atoms with Crippen LogP contribution in [0.15, 0.2) is 52.2 Å². The Morgan fingerprint density at radius 3 is 2.74 bits per heavy atom. The zero-order valence-corrected chi connectivity index (χ0v) is 18.6. The number of halogens is 3. The van der Waals surface area contributed by atoms with Crippen LogP contribution >= 0.6 is 0 Å². The molecule has 3 N–H and O–H groups in total. The summed E-state index contributed by atoms with van der Waals surface area (Å²) in [6.45, 7) is 0.388. The summed E-state index contributed by atoms with van der Waals surface area (Å²) in [7, 11) is 0. The molecule has 35 heavy (non-hydrogen) atoms. The van der Waals surface area contributed by atoms with Gasteiger partial charge >= 0.3 is 6.18 Å². The number of aromatic nitrogens is 4. The van der Waals surface area contributed by atoms with Crippen molar-refractivity contribution < 1.29 is 18.0 Å². The number of nitrogens with zero attached hydrogens (tertiary/aromatic N) is 4. The van der Waals surface area contributed by atoms with Crippen molar-refractivity contribution >= 4 is 11.9 Å². The molecule has 1 aliphatic heterocycles. The number of aryl methyl sites for hydroxylation is 1. The molecule has 1 saturated heterocycles. The molecule has 0 unspecified atom stereocenters. The number of hydrogen-bond donors (Lipinski definition) is 2. The van der Waals surface area contributed by atoms with E-state index in [0.29, 0.717) is 24.2 Å². The molecule has 0 bridgehead atoms. The normalized spacial score (nSPS) is 16.3. The van der Waals surface area contributed by atoms with Crippen LogP contribution in [-0.4, -0.2) is 37.1 Å². The number of hydrogen-bond acceptors (Lipinski definition) is 6. The molecule has 0 aliphatic carbocycles. The number of anilines is 1. The fourth-order valence-corrected chi connectivity index (χ4v) is 4.24. The summed E-state index contributed by atoms with van der Waals surface area (Å²) in [4.78, 5) is 46.5. The van der Waals surface area contributed by atoms with E-state index in [-0.39, 0.29) is 30.4 Å². The molecule has 1 fully saturated rings. The maximum Gasteiger partial charge on any atom is 0.416 e. The van der Waals surface area contributed by atoms with Gasteiger partial charge in [0.15, 0.2) is 0 Å². The molecular formula is C23H23F3N6O3. The molecule has 1 aromatic carbocycles. The Morgan fingerprint density at radius 2 is 1.97 bits per heavy atom. The number of benzene rings is 1. The van der Waals surface area contributed by atoms with Crippen LogP contribution < -0.4 is 16.9 Å². The summed E-state index contributed by atoms with van der Waals surface area (Å²) >= 11 is 0. The first-order chi connectivity index (χ1) is 16.6. The average Bonchev–Trinajstić information content (AvgIpc) is 2.84. The van der Waals surface area contributed by atoms with Gasteiger partial charge in [-0.1, -0.05) is 12.1 Å². The fraction of sp³-hybridized carbons (Fsp3) is 0.348. The molecule has 1 aliphatic rings.